The van der Waals surface area contributed by atoms with Gasteiger partial charge in [-0.25, -0.2) is 15.0 Å². The van der Waals surface area contributed by atoms with Crippen molar-refractivity contribution in [3.63, 3.8) is 0 Å². The van der Waals surface area contributed by atoms with Crippen LogP contribution in [0.3, 0.4) is 0 Å². The number of rotatable bonds is 8. The zero-order valence-electron chi connectivity index (χ0n) is 17.1. The van der Waals surface area contributed by atoms with Gasteiger partial charge >= 0.3 is 0 Å². The molecule has 0 radical (unpaired) electrons. The van der Waals surface area contributed by atoms with E-state index < -0.39 is 0 Å². The number of aliphatic hydroxyl groups excluding tert-OH is 1. The van der Waals surface area contributed by atoms with E-state index in [-0.39, 0.29) is 12.6 Å². The third kappa shape index (κ3) is 4.29. The molecule has 2 aromatic carbocycles. The van der Waals surface area contributed by atoms with Gasteiger partial charge in [-0.15, -0.1) is 11.3 Å². The molecule has 0 aliphatic rings. The lowest BCUT2D eigenvalue weighted by Gasteiger charge is -2.22. The largest absolute Gasteiger partial charge is 0.396 e. The molecule has 5 rings (SSSR count). The van der Waals surface area contributed by atoms with E-state index in [0.717, 1.165) is 32.7 Å². The minimum Gasteiger partial charge on any atom is -0.396 e. The van der Waals surface area contributed by atoms with E-state index in [2.05, 4.69) is 41.8 Å². The maximum Gasteiger partial charge on any atom is 0.159 e. The summed E-state index contributed by atoms with van der Waals surface area (Å²) >= 11 is 1.60. The lowest BCUT2D eigenvalue weighted by Crippen LogP contribution is -2.13. The smallest absolute Gasteiger partial charge is 0.159 e. The predicted octanol–water partition coefficient (Wildman–Crippen LogP) is 4.76. The van der Waals surface area contributed by atoms with E-state index in [1.54, 1.807) is 17.5 Å². The second-order valence-corrected chi connectivity index (χ2v) is 8.12. The molecule has 1 unspecified atom stereocenters. The van der Waals surface area contributed by atoms with Crippen molar-refractivity contribution < 1.29 is 5.11 Å². The van der Waals surface area contributed by atoms with Crippen molar-refractivity contribution >= 4 is 38.7 Å². The van der Waals surface area contributed by atoms with Crippen LogP contribution in [0.2, 0.25) is 0 Å². The molecule has 0 bridgehead atoms. The molecule has 0 saturated heterocycles. The number of aromatic nitrogens is 5. The minimum absolute atomic E-state index is 0.0647. The molecule has 0 aliphatic heterocycles. The number of nitrogens with zero attached hydrogens (tertiary/aromatic N) is 4. The first-order valence-corrected chi connectivity index (χ1v) is 11.1. The van der Waals surface area contributed by atoms with Crippen LogP contribution < -0.4 is 10.6 Å². The zero-order valence-corrected chi connectivity index (χ0v) is 17.9. The fourth-order valence-electron chi connectivity index (χ4n) is 3.57. The van der Waals surface area contributed by atoms with Crippen LogP contribution in [0.15, 0.2) is 72.6 Å². The summed E-state index contributed by atoms with van der Waals surface area (Å²) in [6.07, 6.45) is 3.79. The van der Waals surface area contributed by atoms with Crippen LogP contribution in [0.25, 0.3) is 21.6 Å². The maximum atomic E-state index is 9.65. The first-order valence-electron chi connectivity index (χ1n) is 10.2. The van der Waals surface area contributed by atoms with Gasteiger partial charge in [0.15, 0.2) is 5.82 Å². The first-order chi connectivity index (χ1) is 15.8. The number of hydrogen-bond acceptors (Lipinski definition) is 8. The molecule has 0 fully saturated rings. The van der Waals surface area contributed by atoms with Crippen molar-refractivity contribution in [2.75, 3.05) is 17.2 Å². The number of hydrogen-bond donors (Lipinski definition) is 4. The minimum atomic E-state index is -0.0772. The van der Waals surface area contributed by atoms with Gasteiger partial charge < -0.3 is 15.7 Å². The molecule has 1 atom stereocenters. The normalized spacial score (nSPS) is 12.0. The molecule has 8 nitrogen and oxygen atoms in total. The molecule has 4 N–H and O–H groups in total. The highest BCUT2D eigenvalue weighted by Gasteiger charge is 2.16. The molecule has 0 amide bonds. The maximum absolute atomic E-state index is 9.65. The van der Waals surface area contributed by atoms with Crippen LogP contribution in [-0.2, 0) is 0 Å². The summed E-state index contributed by atoms with van der Waals surface area (Å²) in [4.78, 5) is 13.2. The average Bonchev–Trinajstić information content (AvgIpc) is 3.52. The Bertz CT molecular complexity index is 1300. The molecule has 5 aromatic rings. The monoisotopic (exact) mass is 443 g/mol. The van der Waals surface area contributed by atoms with Gasteiger partial charge in [0, 0.05) is 24.6 Å². The second kappa shape index (κ2) is 9.13. The Morgan fingerprint density at radius 2 is 1.94 bits per heavy atom. The summed E-state index contributed by atoms with van der Waals surface area (Å²) < 4.78 is 1.11. The topological polar surface area (TPSA) is 112 Å². The van der Waals surface area contributed by atoms with E-state index >= 15 is 0 Å². The highest BCUT2D eigenvalue weighted by Crippen LogP contribution is 2.32. The molecule has 0 saturated carbocycles. The third-order valence-corrected chi connectivity index (χ3v) is 5.92. The molecule has 0 spiro atoms. The Balaban J connectivity index is 1.49. The van der Waals surface area contributed by atoms with E-state index in [4.69, 9.17) is 0 Å². The van der Waals surface area contributed by atoms with Crippen LogP contribution in [0.1, 0.15) is 18.0 Å². The lowest BCUT2D eigenvalue weighted by atomic mass is 10.0. The molecule has 32 heavy (non-hydrogen) atoms. The van der Waals surface area contributed by atoms with Crippen molar-refractivity contribution in [1.82, 2.24) is 25.1 Å². The number of pyridine rings is 1. The van der Waals surface area contributed by atoms with E-state index in [1.807, 2.05) is 54.0 Å². The van der Waals surface area contributed by atoms with Gasteiger partial charge in [0.25, 0.3) is 0 Å². The van der Waals surface area contributed by atoms with Crippen molar-refractivity contribution in [2.24, 2.45) is 0 Å². The first kappa shape index (κ1) is 20.1. The number of thiazole rings is 1. The van der Waals surface area contributed by atoms with Gasteiger partial charge in [0.05, 0.1) is 33.0 Å². The molecular weight excluding hydrogens is 422 g/mol. The number of benzene rings is 2. The Kier molecular flexibility index (Phi) is 5.73. The van der Waals surface area contributed by atoms with Crippen LogP contribution >= 0.6 is 11.3 Å². The fraction of sp³-hybridized carbons (Fsp3) is 0.130. The summed E-state index contributed by atoms with van der Waals surface area (Å²) in [5, 5.41) is 23.5. The summed E-state index contributed by atoms with van der Waals surface area (Å²) in [5.74, 6) is 1.31. The van der Waals surface area contributed by atoms with Crippen molar-refractivity contribution in [3.05, 3.63) is 78.2 Å². The Labute approximate surface area is 188 Å². The fourth-order valence-corrected chi connectivity index (χ4v) is 4.29. The van der Waals surface area contributed by atoms with Gasteiger partial charge in [-0.2, -0.15) is 5.10 Å². The lowest BCUT2D eigenvalue weighted by molar-refractivity contribution is 0.280. The second-order valence-electron chi connectivity index (χ2n) is 7.23. The van der Waals surface area contributed by atoms with Crippen LogP contribution in [-0.4, -0.2) is 36.9 Å². The van der Waals surface area contributed by atoms with E-state index in [0.29, 0.717) is 18.1 Å². The van der Waals surface area contributed by atoms with Gasteiger partial charge in [-0.1, -0.05) is 30.3 Å². The van der Waals surface area contributed by atoms with E-state index in [9.17, 15) is 5.11 Å². The highest BCUT2D eigenvalue weighted by atomic mass is 32.1. The van der Waals surface area contributed by atoms with E-state index in [1.165, 1.54) is 6.33 Å². The molecule has 160 valence electrons. The van der Waals surface area contributed by atoms with Gasteiger partial charge in [-0.3, -0.25) is 5.10 Å². The van der Waals surface area contributed by atoms with Crippen LogP contribution in [0.4, 0.5) is 17.2 Å². The van der Waals surface area contributed by atoms with Crippen molar-refractivity contribution in [1.29, 1.82) is 0 Å². The van der Waals surface area contributed by atoms with Crippen LogP contribution in [0.5, 0.6) is 0 Å². The Morgan fingerprint density at radius 1 is 1.03 bits per heavy atom. The van der Waals surface area contributed by atoms with Crippen molar-refractivity contribution in [2.45, 2.75) is 12.5 Å². The third-order valence-electron chi connectivity index (χ3n) is 5.13. The van der Waals surface area contributed by atoms with Gasteiger partial charge in [-0.05, 0) is 30.2 Å². The molecule has 9 heteroatoms. The summed E-state index contributed by atoms with van der Waals surface area (Å²) in [7, 11) is 0. The number of aromatic amines is 1. The number of aliphatic hydroxyl groups is 1. The molecule has 3 heterocycles. The average molecular weight is 444 g/mol. The number of fused-ring (bicyclic) bond motifs is 1. The number of anilines is 3. The Hall–Kier alpha value is -3.82. The van der Waals surface area contributed by atoms with Gasteiger partial charge in [0.2, 0.25) is 0 Å². The Morgan fingerprint density at radius 3 is 2.75 bits per heavy atom. The highest BCUT2D eigenvalue weighted by molar-refractivity contribution is 7.16. The molecule has 3 aromatic heterocycles. The zero-order chi connectivity index (χ0) is 21.8. The SMILES string of the molecule is OCCC(Nc1cc(Nc2ccc3ncsc3c2)ncc1-c1ncn[nH]1)c1ccccc1. The summed E-state index contributed by atoms with van der Waals surface area (Å²) in [6, 6.07) is 18.0. The van der Waals surface area contributed by atoms with Crippen LogP contribution in [0, 0.1) is 0 Å². The quantitative estimate of drug-likeness (QED) is 0.274. The number of H-pyrrole nitrogens is 1. The molecular formula is C23H21N7OS. The predicted molar refractivity (Wildman–Crippen MR) is 127 cm³/mol. The standard InChI is InChI=1S/C23H21N7OS/c31-9-8-18(15-4-2-1-3-5-15)29-20-11-22(24-12-17(20)23-25-13-27-30-23)28-16-6-7-19-21(10-16)32-14-26-19/h1-7,10-14,18,31H,8-9H2,(H2,24,28,29)(H,25,27,30). The summed E-state index contributed by atoms with van der Waals surface area (Å²) in [6.45, 7) is 0.0647. The van der Waals surface area contributed by atoms with Crippen molar-refractivity contribution in [3.8, 4) is 11.4 Å². The number of nitrogens with one attached hydrogen (secondary N) is 3. The molecule has 0 aliphatic carbocycles. The summed E-state index contributed by atoms with van der Waals surface area (Å²) in [5.41, 5.74) is 6.47. The van der Waals surface area contributed by atoms with Gasteiger partial charge in [0.1, 0.15) is 12.1 Å².